The number of aryl methyl sites for hydroxylation is 1. The summed E-state index contributed by atoms with van der Waals surface area (Å²) in [6, 6.07) is 16.7. The average Bonchev–Trinajstić information content (AvgIpc) is 3.13. The van der Waals surface area contributed by atoms with E-state index in [2.05, 4.69) is 27.6 Å². The molecule has 0 unspecified atom stereocenters. The van der Waals surface area contributed by atoms with E-state index in [9.17, 15) is 4.79 Å². The molecular weight excluding hydrogens is 576 g/mol. The highest BCUT2D eigenvalue weighted by Gasteiger charge is 2.26. The number of esters is 1. The number of carbonyl (C=O) groups is 1. The number of hydrogen-bond donors (Lipinski definition) is 0. The van der Waals surface area contributed by atoms with Crippen molar-refractivity contribution in [2.24, 2.45) is 4.99 Å². The summed E-state index contributed by atoms with van der Waals surface area (Å²) >= 11 is 14.3. The number of hydrogen-bond acceptors (Lipinski definition) is 5. The van der Waals surface area contributed by atoms with Gasteiger partial charge in [0, 0.05) is 5.02 Å². The molecule has 0 radical (unpaired) electrons. The smallest absolute Gasteiger partial charge is 0.363 e. The van der Waals surface area contributed by atoms with Crippen molar-refractivity contribution >= 4 is 63.7 Å². The second kappa shape index (κ2) is 10.2. The maximum absolute atomic E-state index is 12.4. The summed E-state index contributed by atoms with van der Waals surface area (Å²) in [7, 11) is 1.57. The molecule has 0 amide bonds. The van der Waals surface area contributed by atoms with Crippen molar-refractivity contribution in [2.45, 2.75) is 13.5 Å². The van der Waals surface area contributed by atoms with Crippen molar-refractivity contribution in [3.05, 3.63) is 96.2 Å². The topological polar surface area (TPSA) is 57.1 Å². The Labute approximate surface area is 215 Å². The van der Waals surface area contributed by atoms with Crippen LogP contribution in [-0.4, -0.2) is 19.0 Å². The molecule has 0 spiro atoms. The number of benzene rings is 3. The number of cyclic esters (lactones) is 1. The van der Waals surface area contributed by atoms with Gasteiger partial charge in [-0.05, 0) is 77.0 Å². The maximum Gasteiger partial charge on any atom is 0.363 e. The van der Waals surface area contributed by atoms with Crippen LogP contribution in [0.4, 0.5) is 0 Å². The highest BCUT2D eigenvalue weighted by atomic mass is 127. The van der Waals surface area contributed by atoms with E-state index in [1.54, 1.807) is 37.5 Å². The van der Waals surface area contributed by atoms with Gasteiger partial charge in [0.15, 0.2) is 17.2 Å². The van der Waals surface area contributed by atoms with Gasteiger partial charge in [0.05, 0.1) is 21.3 Å². The zero-order valence-corrected chi connectivity index (χ0v) is 21.4. The minimum absolute atomic E-state index is 0.132. The van der Waals surface area contributed by atoms with Crippen molar-refractivity contribution in [2.75, 3.05) is 7.11 Å². The first kappa shape index (κ1) is 23.6. The van der Waals surface area contributed by atoms with Crippen molar-refractivity contribution in [1.82, 2.24) is 0 Å². The van der Waals surface area contributed by atoms with Crippen LogP contribution >= 0.6 is 45.8 Å². The van der Waals surface area contributed by atoms with Gasteiger partial charge in [0.2, 0.25) is 5.90 Å². The summed E-state index contributed by atoms with van der Waals surface area (Å²) in [6.07, 6.45) is 1.63. The van der Waals surface area contributed by atoms with Crippen LogP contribution in [-0.2, 0) is 16.1 Å². The molecule has 3 aromatic rings. The van der Waals surface area contributed by atoms with Gasteiger partial charge in [0.25, 0.3) is 0 Å². The third-order valence-corrected chi connectivity index (χ3v) is 6.19. The minimum Gasteiger partial charge on any atom is -0.493 e. The van der Waals surface area contributed by atoms with E-state index in [1.807, 2.05) is 37.3 Å². The van der Waals surface area contributed by atoms with Gasteiger partial charge in [-0.2, -0.15) is 0 Å². The molecule has 168 valence electrons. The van der Waals surface area contributed by atoms with E-state index in [0.29, 0.717) is 33.7 Å². The van der Waals surface area contributed by atoms with Gasteiger partial charge < -0.3 is 14.2 Å². The molecule has 0 saturated heterocycles. The first-order valence-electron chi connectivity index (χ1n) is 9.88. The summed E-state index contributed by atoms with van der Waals surface area (Å²) in [5.41, 5.74) is 3.61. The Morgan fingerprint density at radius 3 is 2.55 bits per heavy atom. The van der Waals surface area contributed by atoms with Crippen molar-refractivity contribution in [3.8, 4) is 11.5 Å². The van der Waals surface area contributed by atoms with Crippen LogP contribution in [0.15, 0.2) is 65.3 Å². The summed E-state index contributed by atoms with van der Waals surface area (Å²) in [4.78, 5) is 16.7. The third kappa shape index (κ3) is 5.51. The predicted molar refractivity (Wildman–Crippen MR) is 138 cm³/mol. The number of nitrogens with zero attached hydrogens (tertiary/aromatic N) is 1. The summed E-state index contributed by atoms with van der Waals surface area (Å²) in [6.45, 7) is 2.45. The van der Waals surface area contributed by atoms with Gasteiger partial charge in [-0.3, -0.25) is 0 Å². The van der Waals surface area contributed by atoms with Gasteiger partial charge in [0.1, 0.15) is 6.61 Å². The lowest BCUT2D eigenvalue weighted by molar-refractivity contribution is -0.129. The standard InChI is InChI=1S/C25H18Cl2INO4/c1-14-3-5-15(6-4-14)13-32-23-20(28)9-16(11-22(23)31-2)10-21-25(30)33-24(29-21)18-8-7-17(26)12-19(18)27/h3-12H,13H2,1-2H3/b21-10-. The monoisotopic (exact) mass is 593 g/mol. The highest BCUT2D eigenvalue weighted by Crippen LogP contribution is 2.36. The van der Waals surface area contributed by atoms with E-state index in [-0.39, 0.29) is 11.6 Å². The molecule has 1 heterocycles. The van der Waals surface area contributed by atoms with Gasteiger partial charge in [-0.1, -0.05) is 53.0 Å². The lowest BCUT2D eigenvalue weighted by Gasteiger charge is -2.14. The fraction of sp³-hybridized carbons (Fsp3) is 0.120. The van der Waals surface area contributed by atoms with Crippen molar-refractivity contribution in [1.29, 1.82) is 0 Å². The van der Waals surface area contributed by atoms with Crippen LogP contribution in [0.5, 0.6) is 11.5 Å². The van der Waals surface area contributed by atoms with E-state index in [1.165, 1.54) is 5.56 Å². The molecule has 1 aliphatic heterocycles. The van der Waals surface area contributed by atoms with Crippen LogP contribution in [0, 0.1) is 10.5 Å². The average molecular weight is 594 g/mol. The van der Waals surface area contributed by atoms with Crippen molar-refractivity contribution in [3.63, 3.8) is 0 Å². The number of ether oxygens (including phenoxy) is 3. The third-order valence-electron chi connectivity index (χ3n) is 4.84. The van der Waals surface area contributed by atoms with Crippen LogP contribution in [0.25, 0.3) is 6.08 Å². The molecule has 5 nitrogen and oxygen atoms in total. The van der Waals surface area contributed by atoms with Crippen molar-refractivity contribution < 1.29 is 19.0 Å². The molecule has 0 bridgehead atoms. The Kier molecular flexibility index (Phi) is 7.26. The largest absolute Gasteiger partial charge is 0.493 e. The van der Waals surface area contributed by atoms with Crippen LogP contribution in [0.2, 0.25) is 10.0 Å². The second-order valence-corrected chi connectivity index (χ2v) is 9.27. The van der Waals surface area contributed by atoms with Crippen LogP contribution < -0.4 is 9.47 Å². The summed E-state index contributed by atoms with van der Waals surface area (Å²) < 4.78 is 17.7. The molecule has 0 aromatic heterocycles. The van der Waals surface area contributed by atoms with Gasteiger partial charge in [-0.15, -0.1) is 0 Å². The Bertz CT molecular complexity index is 1290. The fourth-order valence-corrected chi connectivity index (χ4v) is 4.42. The summed E-state index contributed by atoms with van der Waals surface area (Å²) in [5, 5.41) is 0.831. The Morgan fingerprint density at radius 1 is 1.09 bits per heavy atom. The van der Waals surface area contributed by atoms with Crippen LogP contribution in [0.3, 0.4) is 0 Å². The zero-order chi connectivity index (χ0) is 23.5. The maximum atomic E-state index is 12.4. The van der Waals surface area contributed by atoms with E-state index >= 15 is 0 Å². The molecule has 0 aliphatic carbocycles. The molecule has 0 atom stereocenters. The van der Waals surface area contributed by atoms with E-state index in [0.717, 1.165) is 14.7 Å². The molecule has 33 heavy (non-hydrogen) atoms. The fourth-order valence-electron chi connectivity index (χ4n) is 3.15. The number of halogens is 3. The summed E-state index contributed by atoms with van der Waals surface area (Å²) in [5.74, 6) is 0.751. The molecule has 8 heteroatoms. The number of methoxy groups -OCH3 is 1. The molecule has 0 fully saturated rings. The van der Waals surface area contributed by atoms with Crippen LogP contribution in [0.1, 0.15) is 22.3 Å². The number of carbonyl (C=O) groups excluding carboxylic acids is 1. The molecule has 0 saturated carbocycles. The molecule has 3 aromatic carbocycles. The normalized spacial score (nSPS) is 14.3. The minimum atomic E-state index is -0.565. The lowest BCUT2D eigenvalue weighted by Crippen LogP contribution is -2.06. The Balaban J connectivity index is 1.60. The Morgan fingerprint density at radius 2 is 1.85 bits per heavy atom. The number of rotatable bonds is 6. The Hall–Kier alpha value is -2.55. The van der Waals surface area contributed by atoms with E-state index in [4.69, 9.17) is 37.4 Å². The number of aliphatic imine (C=N–C) groups is 1. The first-order valence-corrected chi connectivity index (χ1v) is 11.7. The molecule has 0 N–H and O–H groups in total. The van der Waals surface area contributed by atoms with Gasteiger partial charge >= 0.3 is 5.97 Å². The SMILES string of the molecule is COc1cc(/C=C2\N=C(c3ccc(Cl)cc3Cl)OC2=O)cc(I)c1OCc1ccc(C)cc1. The second-order valence-electron chi connectivity index (χ2n) is 7.27. The molecule has 1 aliphatic rings. The predicted octanol–water partition coefficient (Wildman–Crippen LogP) is 6.84. The molecule has 4 rings (SSSR count). The zero-order valence-electron chi connectivity index (χ0n) is 17.7. The lowest BCUT2D eigenvalue weighted by atomic mass is 10.1. The quantitative estimate of drug-likeness (QED) is 0.178. The van der Waals surface area contributed by atoms with Gasteiger partial charge in [-0.25, -0.2) is 9.79 Å². The molecular formula is C25H18Cl2INO4. The first-order chi connectivity index (χ1) is 15.8. The van der Waals surface area contributed by atoms with E-state index < -0.39 is 5.97 Å². The highest BCUT2D eigenvalue weighted by molar-refractivity contribution is 14.1.